The lowest BCUT2D eigenvalue weighted by molar-refractivity contribution is 0.557. The first-order valence-electron chi connectivity index (χ1n) is 2.62. The first-order chi connectivity index (χ1) is 4.69. The highest BCUT2D eigenvalue weighted by molar-refractivity contribution is 6.72. The molecule has 0 bridgehead atoms. The van der Waals surface area contributed by atoms with E-state index >= 15 is 0 Å². The largest absolute Gasteiger partial charge is 0.197 e. The molecular weight excluding hydrogens is 273 g/mol. The fraction of sp³-hybridized carbons (Fsp3) is 0.800. The van der Waals surface area contributed by atoms with Crippen LogP contribution < -0.4 is 0 Å². The number of halogens is 6. The molecule has 0 aliphatic carbocycles. The second-order valence-electron chi connectivity index (χ2n) is 1.92. The van der Waals surface area contributed by atoms with Crippen molar-refractivity contribution in [2.75, 3.05) is 0 Å². The van der Waals surface area contributed by atoms with Crippen LogP contribution in [0.3, 0.4) is 0 Å². The normalized spacial score (nSPS) is 14.2. The van der Waals surface area contributed by atoms with Crippen molar-refractivity contribution in [2.45, 2.75) is 14.0 Å². The molecule has 11 heavy (non-hydrogen) atoms. The predicted octanol–water partition coefficient (Wildman–Crippen LogP) is 4.57. The van der Waals surface area contributed by atoms with Gasteiger partial charge in [-0.15, -0.1) is 0 Å². The Labute approximate surface area is 96.0 Å². The van der Waals surface area contributed by atoms with Crippen molar-refractivity contribution in [2.24, 2.45) is 5.92 Å². The van der Waals surface area contributed by atoms with Crippen molar-refractivity contribution in [1.29, 1.82) is 0 Å². The van der Waals surface area contributed by atoms with E-state index in [0.717, 1.165) is 0 Å². The summed E-state index contributed by atoms with van der Waals surface area (Å²) in [6.07, 6.45) is 0.243. The molecule has 67 valence electrons. The maximum Gasteiger partial charge on any atom is 0.197 e. The Morgan fingerprint density at radius 1 is 0.909 bits per heavy atom. The topological polar surface area (TPSA) is 0 Å². The first kappa shape index (κ1) is 12.7. The van der Waals surface area contributed by atoms with E-state index in [1.807, 2.05) is 0 Å². The van der Waals surface area contributed by atoms with Crippen LogP contribution in [0.1, 0.15) is 6.42 Å². The van der Waals surface area contributed by atoms with Crippen LogP contribution in [0.25, 0.3) is 0 Å². The van der Waals surface area contributed by atoms with Crippen LogP contribution in [0.5, 0.6) is 0 Å². The van der Waals surface area contributed by atoms with Crippen LogP contribution in [-0.4, -0.2) is 7.59 Å². The summed E-state index contributed by atoms with van der Waals surface area (Å²) in [5.41, 5.74) is 0. The van der Waals surface area contributed by atoms with E-state index in [9.17, 15) is 0 Å². The van der Waals surface area contributed by atoms with Gasteiger partial charge >= 0.3 is 0 Å². The fourth-order valence-corrected chi connectivity index (χ4v) is 2.65. The molecule has 0 aromatic carbocycles. The highest BCUT2D eigenvalue weighted by Crippen LogP contribution is 2.49. The molecule has 6 heteroatoms. The highest BCUT2D eigenvalue weighted by Gasteiger charge is 2.44. The third-order valence-electron chi connectivity index (χ3n) is 1.08. The van der Waals surface area contributed by atoms with Gasteiger partial charge in [0, 0.05) is 0 Å². The van der Waals surface area contributed by atoms with Crippen LogP contribution in [-0.2, 0) is 0 Å². The molecule has 0 amide bonds. The minimum atomic E-state index is -1.59. The summed E-state index contributed by atoms with van der Waals surface area (Å²) in [4.78, 5) is 0. The number of rotatable bonds is 1. The van der Waals surface area contributed by atoms with Gasteiger partial charge in [-0.2, -0.15) is 0 Å². The molecule has 0 rings (SSSR count). The van der Waals surface area contributed by atoms with Crippen molar-refractivity contribution in [3.8, 4) is 0 Å². The Bertz CT molecular complexity index is 106. The second kappa shape index (κ2) is 4.30. The average Bonchev–Trinajstić information content (AvgIpc) is 1.56. The molecule has 0 unspecified atom stereocenters. The van der Waals surface area contributed by atoms with Gasteiger partial charge in [-0.25, -0.2) is 0 Å². The first-order valence-corrected chi connectivity index (χ1v) is 4.89. The Hall–Kier alpha value is 1.74. The van der Waals surface area contributed by atoms with Gasteiger partial charge in [-0.05, 0) is 6.42 Å². The van der Waals surface area contributed by atoms with Gasteiger partial charge in [0.15, 0.2) is 7.59 Å². The Kier molecular flexibility index (Phi) is 4.98. The predicted molar refractivity (Wildman–Crippen MR) is 54.0 cm³/mol. The molecule has 0 aromatic heterocycles. The van der Waals surface area contributed by atoms with Crippen molar-refractivity contribution in [3.05, 3.63) is 6.92 Å². The minimum Gasteiger partial charge on any atom is -0.0832 e. The molecule has 0 saturated carbocycles. The van der Waals surface area contributed by atoms with E-state index in [2.05, 4.69) is 6.92 Å². The SMILES string of the molecule is [CH2]CC(C(Cl)(Cl)Cl)C(Cl)(Cl)Cl. The van der Waals surface area contributed by atoms with Gasteiger partial charge in [-0.1, -0.05) is 76.5 Å². The monoisotopic (exact) mass is 275 g/mol. The van der Waals surface area contributed by atoms with E-state index in [-0.39, 0.29) is 6.42 Å². The molecular formula is C5H5Cl6. The van der Waals surface area contributed by atoms with Crippen molar-refractivity contribution in [3.63, 3.8) is 0 Å². The Morgan fingerprint density at radius 3 is 1.18 bits per heavy atom. The second-order valence-corrected chi connectivity index (χ2v) is 6.66. The zero-order valence-electron chi connectivity index (χ0n) is 5.26. The lowest BCUT2D eigenvalue weighted by Crippen LogP contribution is -2.31. The summed E-state index contributed by atoms with van der Waals surface area (Å²) >= 11 is 33.1. The Balaban J connectivity index is 4.43. The molecule has 1 radical (unpaired) electrons. The Morgan fingerprint density at radius 2 is 1.18 bits per heavy atom. The summed E-state index contributed by atoms with van der Waals surface area (Å²) in [6.45, 7) is 3.51. The van der Waals surface area contributed by atoms with E-state index in [1.165, 1.54) is 0 Å². The lowest BCUT2D eigenvalue weighted by atomic mass is 10.1. The molecule has 0 aliphatic heterocycles. The van der Waals surface area contributed by atoms with Gasteiger partial charge < -0.3 is 0 Å². The third kappa shape index (κ3) is 4.50. The number of hydrogen-bond acceptors (Lipinski definition) is 0. The number of alkyl halides is 6. The van der Waals surface area contributed by atoms with Crippen molar-refractivity contribution in [1.82, 2.24) is 0 Å². The van der Waals surface area contributed by atoms with Gasteiger partial charge in [0.1, 0.15) is 0 Å². The zero-order chi connectivity index (χ0) is 9.28. The molecule has 0 aromatic rings. The summed E-state index contributed by atoms with van der Waals surface area (Å²) in [6, 6.07) is 0. The van der Waals surface area contributed by atoms with Gasteiger partial charge in [0.2, 0.25) is 0 Å². The molecule has 0 spiro atoms. The van der Waals surface area contributed by atoms with Crippen molar-refractivity contribution >= 4 is 69.6 Å². The number of hydrogen-bond donors (Lipinski definition) is 0. The van der Waals surface area contributed by atoms with E-state index < -0.39 is 13.5 Å². The molecule has 0 atom stereocenters. The van der Waals surface area contributed by atoms with Crippen LogP contribution in [0, 0.1) is 12.8 Å². The minimum absolute atomic E-state index is 0.243. The third-order valence-corrected chi connectivity index (χ3v) is 2.66. The maximum absolute atomic E-state index is 5.52. The van der Waals surface area contributed by atoms with E-state index in [1.54, 1.807) is 0 Å². The smallest absolute Gasteiger partial charge is 0.0832 e. The molecule has 0 nitrogen and oxygen atoms in total. The van der Waals surface area contributed by atoms with Crippen LogP contribution in [0.15, 0.2) is 0 Å². The summed E-state index contributed by atoms with van der Waals surface area (Å²) in [5.74, 6) is -0.704. The maximum atomic E-state index is 5.52. The molecule has 0 heterocycles. The van der Waals surface area contributed by atoms with Gasteiger partial charge in [0.05, 0.1) is 5.92 Å². The zero-order valence-corrected chi connectivity index (χ0v) is 9.79. The average molecular weight is 278 g/mol. The highest BCUT2D eigenvalue weighted by atomic mass is 35.6. The van der Waals surface area contributed by atoms with Gasteiger partial charge in [-0.3, -0.25) is 0 Å². The quantitative estimate of drug-likeness (QED) is 0.616. The standard InChI is InChI=1S/C5H5Cl6/c1-2-3(4(6,7)8)5(9,10)11/h3H,1-2H2. The molecule has 0 saturated heterocycles. The van der Waals surface area contributed by atoms with E-state index in [0.29, 0.717) is 0 Å². The molecule has 0 fully saturated rings. The van der Waals surface area contributed by atoms with Gasteiger partial charge in [0.25, 0.3) is 0 Å². The molecule has 0 aliphatic rings. The molecule has 0 N–H and O–H groups in total. The lowest BCUT2D eigenvalue weighted by Gasteiger charge is -2.28. The summed E-state index contributed by atoms with van der Waals surface area (Å²) in [5, 5.41) is 0. The van der Waals surface area contributed by atoms with Crippen LogP contribution in [0.4, 0.5) is 0 Å². The summed E-state index contributed by atoms with van der Waals surface area (Å²) < 4.78 is -3.18. The van der Waals surface area contributed by atoms with Crippen LogP contribution in [0.2, 0.25) is 0 Å². The summed E-state index contributed by atoms with van der Waals surface area (Å²) in [7, 11) is 0. The van der Waals surface area contributed by atoms with Crippen LogP contribution >= 0.6 is 69.6 Å². The van der Waals surface area contributed by atoms with Crippen molar-refractivity contribution < 1.29 is 0 Å². The fourth-order valence-electron chi connectivity index (χ4n) is 0.513. The van der Waals surface area contributed by atoms with E-state index in [4.69, 9.17) is 69.6 Å².